The maximum Gasteiger partial charge on any atom is 0.321 e. The molecule has 0 unspecified atom stereocenters. The number of rotatable bonds is 2. The van der Waals surface area contributed by atoms with Crippen LogP contribution in [0.1, 0.15) is 6.42 Å². The van der Waals surface area contributed by atoms with Crippen molar-refractivity contribution in [1.82, 2.24) is 10.3 Å². The van der Waals surface area contributed by atoms with Crippen LogP contribution in [0.3, 0.4) is 0 Å². The lowest BCUT2D eigenvalue weighted by atomic mass is 10.3. The number of thiazole rings is 1. The van der Waals surface area contributed by atoms with Gasteiger partial charge in [0.2, 0.25) is 0 Å². The Labute approximate surface area is 120 Å². The second-order valence-electron chi connectivity index (χ2n) is 4.69. The SMILES string of the molecule is O=C(Nc1nc2ccccc2s1)N[C@@H]1CCS(=O)(=O)C1. The number of amides is 2. The highest BCUT2D eigenvalue weighted by molar-refractivity contribution is 7.91. The average molecular weight is 311 g/mol. The summed E-state index contributed by atoms with van der Waals surface area (Å²) in [6.45, 7) is 0. The van der Waals surface area contributed by atoms with E-state index in [-0.39, 0.29) is 17.5 Å². The lowest BCUT2D eigenvalue weighted by Gasteiger charge is -2.10. The van der Waals surface area contributed by atoms with Crippen LogP contribution in [-0.2, 0) is 9.84 Å². The molecule has 2 heterocycles. The minimum atomic E-state index is -2.99. The normalized spacial score (nSPS) is 20.9. The highest BCUT2D eigenvalue weighted by Gasteiger charge is 2.29. The predicted octanol–water partition coefficient (Wildman–Crippen LogP) is 1.60. The van der Waals surface area contributed by atoms with E-state index in [0.717, 1.165) is 10.2 Å². The first-order valence-corrected chi connectivity index (χ1v) is 8.79. The van der Waals surface area contributed by atoms with E-state index in [2.05, 4.69) is 15.6 Å². The van der Waals surface area contributed by atoms with Crippen LogP contribution in [-0.4, -0.2) is 37.0 Å². The molecule has 20 heavy (non-hydrogen) atoms. The molecule has 2 N–H and O–H groups in total. The molecule has 1 aromatic heterocycles. The Morgan fingerprint density at radius 1 is 1.35 bits per heavy atom. The van der Waals surface area contributed by atoms with Crippen LogP contribution in [0, 0.1) is 0 Å². The molecule has 106 valence electrons. The Hall–Kier alpha value is -1.67. The molecule has 1 fully saturated rings. The quantitative estimate of drug-likeness (QED) is 0.882. The first-order valence-electron chi connectivity index (χ1n) is 6.15. The zero-order chi connectivity index (χ0) is 14.2. The van der Waals surface area contributed by atoms with Gasteiger partial charge in [0.15, 0.2) is 15.0 Å². The molecular formula is C12H13N3O3S2. The van der Waals surface area contributed by atoms with E-state index in [9.17, 15) is 13.2 Å². The van der Waals surface area contributed by atoms with E-state index in [1.807, 2.05) is 24.3 Å². The number of carbonyl (C=O) groups excluding carboxylic acids is 1. The summed E-state index contributed by atoms with van der Waals surface area (Å²) in [5, 5.41) is 5.82. The molecular weight excluding hydrogens is 298 g/mol. The van der Waals surface area contributed by atoms with Crippen molar-refractivity contribution in [3.63, 3.8) is 0 Å². The molecule has 0 aliphatic carbocycles. The number of anilines is 1. The van der Waals surface area contributed by atoms with Crippen molar-refractivity contribution >= 4 is 42.6 Å². The van der Waals surface area contributed by atoms with Gasteiger partial charge in [-0.05, 0) is 18.6 Å². The largest absolute Gasteiger partial charge is 0.334 e. The molecule has 0 radical (unpaired) electrons. The molecule has 0 spiro atoms. The maximum atomic E-state index is 11.8. The highest BCUT2D eigenvalue weighted by Crippen LogP contribution is 2.25. The fourth-order valence-electron chi connectivity index (χ4n) is 2.15. The number of hydrogen-bond donors (Lipinski definition) is 2. The van der Waals surface area contributed by atoms with Crippen molar-refractivity contribution in [2.45, 2.75) is 12.5 Å². The lowest BCUT2D eigenvalue weighted by molar-refractivity contribution is 0.249. The first-order chi connectivity index (χ1) is 9.52. The number of fused-ring (bicyclic) bond motifs is 1. The summed E-state index contributed by atoms with van der Waals surface area (Å²) in [5.41, 5.74) is 0.830. The van der Waals surface area contributed by atoms with Crippen molar-refractivity contribution in [3.8, 4) is 0 Å². The smallest absolute Gasteiger partial charge is 0.321 e. The van der Waals surface area contributed by atoms with E-state index in [4.69, 9.17) is 0 Å². The highest BCUT2D eigenvalue weighted by atomic mass is 32.2. The molecule has 8 heteroatoms. The molecule has 2 aromatic rings. The number of para-hydroxylation sites is 1. The molecule has 0 saturated carbocycles. The molecule has 2 amide bonds. The summed E-state index contributed by atoms with van der Waals surface area (Å²) in [5.74, 6) is 0.152. The van der Waals surface area contributed by atoms with Crippen LogP contribution in [0.5, 0.6) is 0 Å². The van der Waals surface area contributed by atoms with Crippen molar-refractivity contribution in [2.75, 3.05) is 16.8 Å². The Balaban J connectivity index is 1.64. The summed E-state index contributed by atoms with van der Waals surface area (Å²) >= 11 is 1.38. The zero-order valence-corrected chi connectivity index (χ0v) is 12.1. The van der Waals surface area contributed by atoms with Gasteiger partial charge < -0.3 is 5.32 Å². The number of carbonyl (C=O) groups is 1. The van der Waals surface area contributed by atoms with E-state index < -0.39 is 15.9 Å². The number of urea groups is 1. The van der Waals surface area contributed by atoms with Crippen molar-refractivity contribution in [2.24, 2.45) is 0 Å². The molecule has 1 aliphatic heterocycles. The molecule has 0 bridgehead atoms. The molecule has 1 aliphatic rings. The van der Waals surface area contributed by atoms with Crippen LogP contribution in [0.2, 0.25) is 0 Å². The number of benzene rings is 1. The Morgan fingerprint density at radius 3 is 2.85 bits per heavy atom. The van der Waals surface area contributed by atoms with Gasteiger partial charge in [0.1, 0.15) is 0 Å². The van der Waals surface area contributed by atoms with Gasteiger partial charge in [0, 0.05) is 6.04 Å². The molecule has 3 rings (SSSR count). The van der Waals surface area contributed by atoms with Crippen molar-refractivity contribution in [1.29, 1.82) is 0 Å². The number of sulfone groups is 1. The van der Waals surface area contributed by atoms with Gasteiger partial charge in [-0.2, -0.15) is 0 Å². The van der Waals surface area contributed by atoms with Gasteiger partial charge >= 0.3 is 6.03 Å². The maximum absolute atomic E-state index is 11.8. The average Bonchev–Trinajstić information content (AvgIpc) is 2.91. The van der Waals surface area contributed by atoms with Gasteiger partial charge in [-0.1, -0.05) is 23.5 Å². The Kier molecular flexibility index (Phi) is 3.35. The fraction of sp³-hybridized carbons (Fsp3) is 0.333. The van der Waals surface area contributed by atoms with Crippen LogP contribution in [0.4, 0.5) is 9.93 Å². The van der Waals surface area contributed by atoms with E-state index in [1.165, 1.54) is 11.3 Å². The molecule has 1 saturated heterocycles. The van der Waals surface area contributed by atoms with Gasteiger partial charge in [0.25, 0.3) is 0 Å². The summed E-state index contributed by atoms with van der Waals surface area (Å²) < 4.78 is 23.6. The fourth-order valence-corrected chi connectivity index (χ4v) is 4.69. The molecule has 1 aromatic carbocycles. The van der Waals surface area contributed by atoms with Crippen LogP contribution >= 0.6 is 11.3 Å². The second kappa shape index (κ2) is 5.02. The lowest BCUT2D eigenvalue weighted by Crippen LogP contribution is -2.38. The Bertz CT molecular complexity index is 721. The van der Waals surface area contributed by atoms with Crippen LogP contribution < -0.4 is 10.6 Å². The van der Waals surface area contributed by atoms with Gasteiger partial charge in [-0.15, -0.1) is 0 Å². The van der Waals surface area contributed by atoms with Crippen molar-refractivity contribution < 1.29 is 13.2 Å². The predicted molar refractivity (Wildman–Crippen MR) is 78.8 cm³/mol. The zero-order valence-electron chi connectivity index (χ0n) is 10.5. The third kappa shape index (κ3) is 2.91. The second-order valence-corrected chi connectivity index (χ2v) is 7.94. The van der Waals surface area contributed by atoms with Gasteiger partial charge in [-0.25, -0.2) is 18.2 Å². The summed E-state index contributed by atoms with van der Waals surface area (Å²) in [4.78, 5) is 16.1. The first kappa shape index (κ1) is 13.3. The van der Waals surface area contributed by atoms with E-state index in [1.54, 1.807) is 0 Å². The van der Waals surface area contributed by atoms with Gasteiger partial charge in [0.05, 0.1) is 21.7 Å². The summed E-state index contributed by atoms with van der Waals surface area (Å²) in [6.07, 6.45) is 0.468. The number of hydrogen-bond acceptors (Lipinski definition) is 5. The topological polar surface area (TPSA) is 88.2 Å². The van der Waals surface area contributed by atoms with Crippen LogP contribution in [0.25, 0.3) is 10.2 Å². The van der Waals surface area contributed by atoms with Crippen molar-refractivity contribution in [3.05, 3.63) is 24.3 Å². The molecule has 1 atom stereocenters. The third-order valence-electron chi connectivity index (χ3n) is 3.08. The standard InChI is InChI=1S/C12H13N3O3S2/c16-11(13-8-5-6-20(17,18)7-8)15-12-14-9-3-1-2-4-10(9)19-12/h1-4,8H,5-7H2,(H2,13,14,15,16)/t8-/m1/s1. The van der Waals surface area contributed by atoms with Crippen LogP contribution in [0.15, 0.2) is 24.3 Å². The van der Waals surface area contributed by atoms with Gasteiger partial charge in [-0.3, -0.25) is 5.32 Å². The number of nitrogens with one attached hydrogen (secondary N) is 2. The monoisotopic (exact) mass is 311 g/mol. The summed E-state index contributed by atoms with van der Waals surface area (Å²) in [6, 6.07) is 6.88. The number of nitrogens with zero attached hydrogens (tertiary/aromatic N) is 1. The minimum absolute atomic E-state index is 0.0142. The minimum Gasteiger partial charge on any atom is -0.334 e. The third-order valence-corrected chi connectivity index (χ3v) is 5.80. The van der Waals surface area contributed by atoms with E-state index in [0.29, 0.717) is 11.6 Å². The summed E-state index contributed by atoms with van der Waals surface area (Å²) in [7, 11) is -2.99. The Morgan fingerprint density at radius 2 is 2.15 bits per heavy atom. The van der Waals surface area contributed by atoms with E-state index >= 15 is 0 Å². The number of aromatic nitrogens is 1. The molecule has 6 nitrogen and oxygen atoms in total.